The molecule has 0 radical (unpaired) electrons. The lowest BCUT2D eigenvalue weighted by molar-refractivity contribution is -0.116. The fraction of sp³-hybridized carbons (Fsp3) is 0.100. The number of amides is 1. The van der Waals surface area contributed by atoms with E-state index in [1.54, 1.807) is 40.9 Å². The molecule has 9 heteroatoms. The molecule has 0 aliphatic rings. The second-order valence-corrected chi connectivity index (χ2v) is 7.95. The van der Waals surface area contributed by atoms with Crippen LogP contribution in [0.5, 0.6) is 0 Å². The van der Waals surface area contributed by atoms with Crippen LogP contribution < -0.4 is 5.32 Å². The molecule has 146 valence electrons. The number of nitrogens with zero attached hydrogens (tertiary/aromatic N) is 3. The zero-order chi connectivity index (χ0) is 20.4. The zero-order valence-corrected chi connectivity index (χ0v) is 17.3. The summed E-state index contributed by atoms with van der Waals surface area (Å²) >= 11 is 13.2. The van der Waals surface area contributed by atoms with E-state index in [0.717, 1.165) is 11.3 Å². The highest BCUT2D eigenvalue weighted by Crippen LogP contribution is 2.27. The smallest absolute Gasteiger partial charge is 0.250 e. The van der Waals surface area contributed by atoms with E-state index in [9.17, 15) is 9.59 Å². The van der Waals surface area contributed by atoms with Crippen LogP contribution in [0.4, 0.5) is 5.95 Å². The summed E-state index contributed by atoms with van der Waals surface area (Å²) in [5.41, 5.74) is 2.32. The minimum atomic E-state index is -0.321. The van der Waals surface area contributed by atoms with Gasteiger partial charge in [0.2, 0.25) is 16.8 Å². The molecule has 0 aliphatic carbocycles. The van der Waals surface area contributed by atoms with Gasteiger partial charge in [0, 0.05) is 39.4 Å². The molecule has 4 aromatic rings. The number of fused-ring (bicyclic) bond motifs is 1. The van der Waals surface area contributed by atoms with E-state index < -0.39 is 0 Å². The number of Topliss-reactive ketones (excluding diaryl/α,β-unsaturated/α-hetero) is 1. The molecule has 4 rings (SSSR count). The molecular formula is C20H14Cl2N4O2S. The Morgan fingerprint density at radius 3 is 2.31 bits per heavy atom. The summed E-state index contributed by atoms with van der Waals surface area (Å²) < 4.78 is 1.67. The molecule has 0 saturated carbocycles. The Morgan fingerprint density at radius 2 is 1.62 bits per heavy atom. The number of aromatic nitrogens is 3. The molecule has 0 aliphatic heterocycles. The maximum atomic E-state index is 12.2. The van der Waals surface area contributed by atoms with Crippen LogP contribution >= 0.6 is 34.5 Å². The second kappa shape index (κ2) is 8.32. The largest absolute Gasteiger partial charge is 0.294 e. The Labute approximate surface area is 180 Å². The lowest BCUT2D eigenvalue weighted by Gasteiger charge is -2.02. The number of ketones is 1. The van der Waals surface area contributed by atoms with E-state index in [1.807, 2.05) is 17.5 Å². The molecule has 6 nitrogen and oxygen atoms in total. The van der Waals surface area contributed by atoms with Crippen molar-refractivity contribution in [1.82, 2.24) is 14.6 Å². The number of thiazole rings is 1. The Hall–Kier alpha value is -2.74. The third-order valence-corrected chi connectivity index (χ3v) is 5.54. The van der Waals surface area contributed by atoms with Crippen molar-refractivity contribution < 1.29 is 9.59 Å². The van der Waals surface area contributed by atoms with E-state index in [0.29, 0.717) is 20.6 Å². The van der Waals surface area contributed by atoms with Gasteiger partial charge < -0.3 is 0 Å². The first-order chi connectivity index (χ1) is 14.0. The van der Waals surface area contributed by atoms with Crippen LogP contribution in [-0.2, 0) is 4.79 Å². The van der Waals surface area contributed by atoms with Crippen LogP contribution in [0.1, 0.15) is 23.2 Å². The zero-order valence-electron chi connectivity index (χ0n) is 14.9. The predicted molar refractivity (Wildman–Crippen MR) is 115 cm³/mol. The molecule has 1 amide bonds. The van der Waals surface area contributed by atoms with Gasteiger partial charge in [-0.05, 0) is 36.4 Å². The summed E-state index contributed by atoms with van der Waals surface area (Å²) in [5, 5.41) is 10.2. The summed E-state index contributed by atoms with van der Waals surface area (Å²) in [5.74, 6) is -0.241. The van der Waals surface area contributed by atoms with Gasteiger partial charge in [-0.1, -0.05) is 35.3 Å². The third-order valence-electron chi connectivity index (χ3n) is 4.22. The van der Waals surface area contributed by atoms with E-state index >= 15 is 0 Å². The van der Waals surface area contributed by atoms with Crippen LogP contribution in [0, 0.1) is 0 Å². The fourth-order valence-electron chi connectivity index (χ4n) is 2.75. The Kier molecular flexibility index (Phi) is 5.62. The van der Waals surface area contributed by atoms with Crippen LogP contribution in [0.25, 0.3) is 16.2 Å². The summed E-state index contributed by atoms with van der Waals surface area (Å²) in [6.07, 6.45) is 0.129. The number of hydrogen-bond donors (Lipinski definition) is 1. The molecule has 2 aromatic carbocycles. The first kappa shape index (κ1) is 19.6. The van der Waals surface area contributed by atoms with E-state index in [4.69, 9.17) is 23.2 Å². The lowest BCUT2D eigenvalue weighted by Crippen LogP contribution is -2.14. The van der Waals surface area contributed by atoms with Gasteiger partial charge >= 0.3 is 0 Å². The third kappa shape index (κ3) is 4.48. The van der Waals surface area contributed by atoms with Crippen LogP contribution in [0.15, 0.2) is 53.9 Å². The molecular weight excluding hydrogens is 431 g/mol. The highest BCUT2D eigenvalue weighted by molar-refractivity contribution is 7.15. The molecule has 0 spiro atoms. The quantitative estimate of drug-likeness (QED) is 0.405. The summed E-state index contributed by atoms with van der Waals surface area (Å²) in [7, 11) is 0. The molecule has 2 heterocycles. The average molecular weight is 445 g/mol. The van der Waals surface area contributed by atoms with Crippen molar-refractivity contribution in [3.63, 3.8) is 0 Å². The van der Waals surface area contributed by atoms with E-state index in [2.05, 4.69) is 15.4 Å². The number of nitrogens with one attached hydrogen (secondary N) is 1. The van der Waals surface area contributed by atoms with Crippen molar-refractivity contribution in [3.8, 4) is 11.3 Å². The Balaban J connectivity index is 1.41. The van der Waals surface area contributed by atoms with Crippen molar-refractivity contribution >= 4 is 57.1 Å². The maximum Gasteiger partial charge on any atom is 0.250 e. The van der Waals surface area contributed by atoms with Crippen LogP contribution in [0.2, 0.25) is 10.0 Å². The number of benzene rings is 2. The minimum absolute atomic E-state index is 0.0400. The Morgan fingerprint density at radius 1 is 0.966 bits per heavy atom. The summed E-state index contributed by atoms with van der Waals surface area (Å²) in [6, 6.07) is 14.0. The Bertz CT molecular complexity index is 1180. The molecule has 0 unspecified atom stereocenters. The number of rotatable bonds is 6. The van der Waals surface area contributed by atoms with Crippen molar-refractivity contribution in [2.24, 2.45) is 0 Å². The van der Waals surface area contributed by atoms with E-state index in [1.165, 1.54) is 11.3 Å². The first-order valence-electron chi connectivity index (χ1n) is 8.68. The maximum absolute atomic E-state index is 12.2. The van der Waals surface area contributed by atoms with Gasteiger partial charge in [-0.25, -0.2) is 4.52 Å². The highest BCUT2D eigenvalue weighted by Gasteiger charge is 2.15. The molecule has 29 heavy (non-hydrogen) atoms. The fourth-order valence-corrected chi connectivity index (χ4v) is 3.83. The van der Waals surface area contributed by atoms with Crippen LogP contribution in [0.3, 0.4) is 0 Å². The van der Waals surface area contributed by atoms with Gasteiger partial charge in [0.25, 0.3) is 0 Å². The first-order valence-corrected chi connectivity index (χ1v) is 10.3. The molecule has 0 fully saturated rings. The summed E-state index contributed by atoms with van der Waals surface area (Å²) in [6.45, 7) is 0. The van der Waals surface area contributed by atoms with Crippen molar-refractivity contribution in [3.05, 3.63) is 69.5 Å². The van der Waals surface area contributed by atoms with Gasteiger partial charge in [-0.3, -0.25) is 14.9 Å². The number of halogens is 2. The predicted octanol–water partition coefficient (Wildman–Crippen LogP) is 5.37. The monoisotopic (exact) mass is 444 g/mol. The van der Waals surface area contributed by atoms with Gasteiger partial charge in [0.15, 0.2) is 5.78 Å². The van der Waals surface area contributed by atoms with E-state index in [-0.39, 0.29) is 30.5 Å². The summed E-state index contributed by atoms with van der Waals surface area (Å²) in [4.78, 5) is 29.4. The SMILES string of the molecule is O=C(CCC(=O)c1ccc(Cl)cc1)Nc1nc2scc(-c3ccc(Cl)cc3)n2n1. The van der Waals surface area contributed by atoms with Crippen molar-refractivity contribution in [2.45, 2.75) is 12.8 Å². The van der Waals surface area contributed by atoms with Gasteiger partial charge in [-0.15, -0.1) is 16.4 Å². The molecule has 0 saturated heterocycles. The second-order valence-electron chi connectivity index (χ2n) is 6.24. The van der Waals surface area contributed by atoms with Crippen molar-refractivity contribution in [2.75, 3.05) is 5.32 Å². The van der Waals surface area contributed by atoms with Gasteiger partial charge in [0.1, 0.15) is 0 Å². The normalized spacial score (nSPS) is 11.0. The molecule has 1 N–H and O–H groups in total. The molecule has 0 bridgehead atoms. The van der Waals surface area contributed by atoms with Crippen LogP contribution in [-0.4, -0.2) is 26.3 Å². The van der Waals surface area contributed by atoms with Crippen molar-refractivity contribution in [1.29, 1.82) is 0 Å². The topological polar surface area (TPSA) is 76.4 Å². The van der Waals surface area contributed by atoms with Gasteiger partial charge in [0.05, 0.1) is 5.69 Å². The standard InChI is InChI=1S/C20H14Cl2N4O2S/c21-14-5-1-12(2-6-14)16-11-29-20-24-19(25-26(16)20)23-18(28)10-9-17(27)13-3-7-15(22)8-4-13/h1-8,11H,9-10H2,(H,23,25,28). The molecule has 0 atom stereocenters. The number of anilines is 1. The highest BCUT2D eigenvalue weighted by atomic mass is 35.5. The number of hydrogen-bond acceptors (Lipinski definition) is 5. The number of carbonyl (C=O) groups excluding carboxylic acids is 2. The van der Waals surface area contributed by atoms with Gasteiger partial charge in [-0.2, -0.15) is 4.98 Å². The number of carbonyl (C=O) groups is 2. The molecule has 2 aromatic heterocycles. The average Bonchev–Trinajstić information content (AvgIpc) is 3.27. The lowest BCUT2D eigenvalue weighted by atomic mass is 10.1. The minimum Gasteiger partial charge on any atom is -0.294 e.